The zero-order valence-corrected chi connectivity index (χ0v) is 18.6. The van der Waals surface area contributed by atoms with Crippen molar-refractivity contribution in [1.29, 1.82) is 0 Å². The van der Waals surface area contributed by atoms with Gasteiger partial charge in [-0.25, -0.2) is 13.4 Å². The number of anilines is 1. The Bertz CT molecular complexity index is 1290. The molecule has 0 fully saturated rings. The summed E-state index contributed by atoms with van der Waals surface area (Å²) in [6.07, 6.45) is 0. The van der Waals surface area contributed by atoms with Crippen molar-refractivity contribution in [2.75, 3.05) is 4.72 Å². The first-order valence-electron chi connectivity index (χ1n) is 9.55. The van der Waals surface area contributed by atoms with Crippen LogP contribution in [0.2, 0.25) is 0 Å². The van der Waals surface area contributed by atoms with Gasteiger partial charge in [0.05, 0.1) is 10.6 Å². The highest BCUT2D eigenvalue weighted by Crippen LogP contribution is 2.31. The Morgan fingerprint density at radius 3 is 2.20 bits per heavy atom. The Morgan fingerprint density at radius 2 is 1.50 bits per heavy atom. The summed E-state index contributed by atoms with van der Waals surface area (Å²) in [5.74, 6) is 0. The average Bonchev–Trinajstić information content (AvgIpc) is 3.18. The lowest BCUT2D eigenvalue weighted by molar-refractivity contribution is 0.600. The topological polar surface area (TPSA) is 59.1 Å². The van der Waals surface area contributed by atoms with Crippen molar-refractivity contribution < 1.29 is 8.42 Å². The van der Waals surface area contributed by atoms with Gasteiger partial charge in [0.2, 0.25) is 0 Å². The molecule has 1 N–H and O–H groups in total. The average molecular weight is 435 g/mol. The highest BCUT2D eigenvalue weighted by atomic mass is 32.2. The van der Waals surface area contributed by atoms with Gasteiger partial charge in [-0.2, -0.15) is 0 Å². The number of aromatic nitrogens is 1. The molecule has 6 heteroatoms. The van der Waals surface area contributed by atoms with Gasteiger partial charge in [0.25, 0.3) is 10.0 Å². The van der Waals surface area contributed by atoms with E-state index in [1.807, 2.05) is 86.8 Å². The second kappa shape index (κ2) is 8.05. The van der Waals surface area contributed by atoms with Crippen LogP contribution < -0.4 is 4.72 Å². The van der Waals surface area contributed by atoms with E-state index in [-0.39, 0.29) is 0 Å². The van der Waals surface area contributed by atoms with E-state index in [0.717, 1.165) is 38.5 Å². The van der Waals surface area contributed by atoms with Gasteiger partial charge in [-0.15, -0.1) is 11.3 Å². The predicted molar refractivity (Wildman–Crippen MR) is 124 cm³/mol. The van der Waals surface area contributed by atoms with E-state index in [1.165, 1.54) is 0 Å². The summed E-state index contributed by atoms with van der Waals surface area (Å²) < 4.78 is 28.9. The van der Waals surface area contributed by atoms with Crippen molar-refractivity contribution in [2.45, 2.75) is 25.7 Å². The maximum absolute atomic E-state index is 13.1. The molecule has 152 valence electrons. The van der Waals surface area contributed by atoms with Gasteiger partial charge in [0.1, 0.15) is 5.01 Å². The lowest BCUT2D eigenvalue weighted by Crippen LogP contribution is -2.16. The van der Waals surface area contributed by atoms with E-state index >= 15 is 0 Å². The molecule has 30 heavy (non-hydrogen) atoms. The number of hydrogen-bond donors (Lipinski definition) is 1. The Balaban J connectivity index is 1.64. The van der Waals surface area contributed by atoms with Crippen molar-refractivity contribution in [3.8, 4) is 21.8 Å². The number of hydrogen-bond acceptors (Lipinski definition) is 4. The van der Waals surface area contributed by atoms with E-state index in [4.69, 9.17) is 4.98 Å². The van der Waals surface area contributed by atoms with Gasteiger partial charge in [-0.1, -0.05) is 60.2 Å². The van der Waals surface area contributed by atoms with Crippen molar-refractivity contribution in [2.24, 2.45) is 0 Å². The first-order valence-corrected chi connectivity index (χ1v) is 11.9. The predicted octanol–water partition coefficient (Wildman–Crippen LogP) is 6.20. The molecule has 0 spiro atoms. The summed E-state index contributed by atoms with van der Waals surface area (Å²) in [5, 5.41) is 2.92. The molecule has 4 rings (SSSR count). The molecular weight excluding hydrogens is 412 g/mol. The molecule has 3 aromatic carbocycles. The fourth-order valence-corrected chi connectivity index (χ4v) is 6.00. The van der Waals surface area contributed by atoms with Gasteiger partial charge < -0.3 is 0 Å². The van der Waals surface area contributed by atoms with Crippen molar-refractivity contribution in [3.63, 3.8) is 0 Å². The summed E-state index contributed by atoms with van der Waals surface area (Å²) in [7, 11) is -3.70. The van der Waals surface area contributed by atoms with Crippen molar-refractivity contribution in [3.05, 3.63) is 88.8 Å². The molecule has 0 radical (unpaired) electrons. The smallest absolute Gasteiger partial charge is 0.262 e. The van der Waals surface area contributed by atoms with E-state index in [0.29, 0.717) is 10.6 Å². The van der Waals surface area contributed by atoms with Crippen LogP contribution in [0.5, 0.6) is 0 Å². The Labute approximate surface area is 181 Å². The molecule has 0 saturated heterocycles. The van der Waals surface area contributed by atoms with Crippen LogP contribution >= 0.6 is 11.3 Å². The minimum atomic E-state index is -3.70. The van der Waals surface area contributed by atoms with E-state index in [2.05, 4.69) is 4.72 Å². The number of sulfonamides is 1. The van der Waals surface area contributed by atoms with Gasteiger partial charge in [0.15, 0.2) is 0 Å². The number of thiazole rings is 1. The van der Waals surface area contributed by atoms with Crippen molar-refractivity contribution >= 4 is 27.0 Å². The monoisotopic (exact) mass is 434 g/mol. The summed E-state index contributed by atoms with van der Waals surface area (Å²) >= 11 is 1.57. The van der Waals surface area contributed by atoms with E-state index in [1.54, 1.807) is 17.4 Å². The molecule has 0 unspecified atom stereocenters. The largest absolute Gasteiger partial charge is 0.280 e. The zero-order valence-electron chi connectivity index (χ0n) is 17.0. The summed E-state index contributed by atoms with van der Waals surface area (Å²) in [5.41, 5.74) is 5.79. The molecule has 0 aliphatic rings. The van der Waals surface area contributed by atoms with Crippen LogP contribution in [0.3, 0.4) is 0 Å². The standard InChI is InChI=1S/C24H22N2O2S2/c1-16-12-17(2)23(18(3)13-16)30(27,28)26-21-11-7-10-20(14-21)22-15-29-24(25-22)19-8-5-4-6-9-19/h4-15,26H,1-3H3. The lowest BCUT2D eigenvalue weighted by atomic mass is 10.1. The Hall–Kier alpha value is -2.96. The molecule has 0 saturated carbocycles. The highest BCUT2D eigenvalue weighted by Gasteiger charge is 2.20. The van der Waals surface area contributed by atoms with Crippen LogP contribution in [0.25, 0.3) is 21.8 Å². The SMILES string of the molecule is Cc1cc(C)c(S(=O)(=O)Nc2cccc(-c3csc(-c4ccccc4)n3)c2)c(C)c1. The molecule has 0 aliphatic heterocycles. The zero-order chi connectivity index (χ0) is 21.3. The minimum absolute atomic E-state index is 0.332. The maximum atomic E-state index is 13.1. The molecule has 1 aromatic heterocycles. The Morgan fingerprint density at radius 1 is 0.833 bits per heavy atom. The third-order valence-corrected chi connectivity index (χ3v) is 7.39. The van der Waals surface area contributed by atoms with Crippen LogP contribution in [0, 0.1) is 20.8 Å². The molecule has 4 aromatic rings. The molecule has 1 heterocycles. The van der Waals surface area contributed by atoms with Crippen LogP contribution in [0.15, 0.2) is 77.0 Å². The molecule has 0 amide bonds. The fourth-order valence-electron chi connectivity index (χ4n) is 3.66. The minimum Gasteiger partial charge on any atom is -0.280 e. The number of aryl methyl sites for hydroxylation is 3. The molecule has 0 bridgehead atoms. The first-order chi connectivity index (χ1) is 14.3. The maximum Gasteiger partial charge on any atom is 0.262 e. The van der Waals surface area contributed by atoms with Gasteiger partial charge in [-0.05, 0) is 44.0 Å². The quantitative estimate of drug-likeness (QED) is 0.407. The summed E-state index contributed by atoms with van der Waals surface area (Å²) in [6, 6.07) is 21.1. The second-order valence-corrected chi connectivity index (χ2v) is 9.80. The summed E-state index contributed by atoms with van der Waals surface area (Å²) in [6.45, 7) is 5.61. The molecule has 0 atom stereocenters. The molecular formula is C24H22N2O2S2. The highest BCUT2D eigenvalue weighted by molar-refractivity contribution is 7.92. The first kappa shape index (κ1) is 20.3. The van der Waals surface area contributed by atoms with Crippen LogP contribution in [-0.2, 0) is 10.0 Å². The molecule has 0 aliphatic carbocycles. The van der Waals surface area contributed by atoms with E-state index < -0.39 is 10.0 Å². The third kappa shape index (κ3) is 4.15. The fraction of sp³-hybridized carbons (Fsp3) is 0.125. The number of rotatable bonds is 5. The van der Waals surface area contributed by atoms with E-state index in [9.17, 15) is 8.42 Å². The van der Waals surface area contributed by atoms with Crippen LogP contribution in [-0.4, -0.2) is 13.4 Å². The van der Waals surface area contributed by atoms with Crippen molar-refractivity contribution in [1.82, 2.24) is 4.98 Å². The lowest BCUT2D eigenvalue weighted by Gasteiger charge is -2.14. The second-order valence-electron chi connectivity index (χ2n) is 7.32. The third-order valence-electron chi connectivity index (χ3n) is 4.81. The molecule has 4 nitrogen and oxygen atoms in total. The van der Waals surface area contributed by atoms with Gasteiger partial charge in [0, 0.05) is 22.2 Å². The number of nitrogens with zero attached hydrogens (tertiary/aromatic N) is 1. The Kier molecular flexibility index (Phi) is 5.45. The number of benzene rings is 3. The normalized spacial score (nSPS) is 11.4. The number of nitrogens with one attached hydrogen (secondary N) is 1. The van der Waals surface area contributed by atoms with Crippen LogP contribution in [0.4, 0.5) is 5.69 Å². The summed E-state index contributed by atoms with van der Waals surface area (Å²) in [4.78, 5) is 5.06. The van der Waals surface area contributed by atoms with Gasteiger partial charge in [-0.3, -0.25) is 4.72 Å². The van der Waals surface area contributed by atoms with Crippen LogP contribution in [0.1, 0.15) is 16.7 Å². The van der Waals surface area contributed by atoms with Gasteiger partial charge >= 0.3 is 0 Å².